The van der Waals surface area contributed by atoms with E-state index in [2.05, 4.69) is 244 Å². The van der Waals surface area contributed by atoms with Crippen LogP contribution in [0.2, 0.25) is 0 Å². The average Bonchev–Trinajstić information content (AvgIpc) is 3.63. The maximum atomic E-state index is 6.85. The number of benzene rings is 6. The van der Waals surface area contributed by atoms with Crippen molar-refractivity contribution in [3.05, 3.63) is 143 Å². The van der Waals surface area contributed by atoms with E-state index in [-0.39, 0.29) is 39.2 Å². The van der Waals surface area contributed by atoms with Crippen LogP contribution >= 0.6 is 0 Å². The molecule has 0 radical (unpaired) electrons. The Morgan fingerprint density at radius 2 is 0.818 bits per heavy atom. The van der Waals surface area contributed by atoms with Gasteiger partial charge in [0.2, 0.25) is 5.89 Å². The first-order chi connectivity index (χ1) is 30.5. The molecule has 340 valence electrons. The first-order valence-corrected chi connectivity index (χ1v) is 24.2. The Morgan fingerprint density at radius 3 is 1.27 bits per heavy atom. The predicted molar refractivity (Wildman–Crippen MR) is 286 cm³/mol. The number of anilines is 6. The lowest BCUT2D eigenvalue weighted by atomic mass is 9.33. The van der Waals surface area contributed by atoms with Crippen molar-refractivity contribution in [1.82, 2.24) is 4.98 Å². The molecule has 0 fully saturated rings. The molecule has 0 saturated heterocycles. The second-order valence-corrected chi connectivity index (χ2v) is 25.6. The zero-order chi connectivity index (χ0) is 47.8. The van der Waals surface area contributed by atoms with Crippen molar-refractivity contribution in [3.8, 4) is 11.5 Å². The molecule has 1 aromatic heterocycles. The molecule has 2 aliphatic heterocycles. The average molecular weight is 874 g/mol. The predicted octanol–water partition coefficient (Wildman–Crippen LogP) is 15.4. The molecule has 0 unspecified atom stereocenters. The molecule has 3 heterocycles. The van der Waals surface area contributed by atoms with Crippen molar-refractivity contribution in [2.45, 2.75) is 157 Å². The first kappa shape index (κ1) is 45.6. The molecule has 0 N–H and O–H groups in total. The maximum absolute atomic E-state index is 6.85. The van der Waals surface area contributed by atoms with Crippen molar-refractivity contribution in [3.63, 3.8) is 0 Å². The molecule has 4 nitrogen and oxygen atoms in total. The molecule has 0 amide bonds. The van der Waals surface area contributed by atoms with Crippen molar-refractivity contribution in [1.29, 1.82) is 0 Å². The molecule has 9 rings (SSSR count). The van der Waals surface area contributed by atoms with Gasteiger partial charge >= 0.3 is 0 Å². The lowest BCUT2D eigenvalue weighted by molar-refractivity contribution is 0.568. The number of hydrogen-bond acceptors (Lipinski definition) is 4. The molecular weight excluding hydrogens is 802 g/mol. The highest BCUT2D eigenvalue weighted by atomic mass is 16.3. The summed E-state index contributed by atoms with van der Waals surface area (Å²) in [5.74, 6) is 0.640. The minimum atomic E-state index is -0.0687. The zero-order valence-electron chi connectivity index (χ0n) is 43.2. The van der Waals surface area contributed by atoms with Gasteiger partial charge in [-0.05, 0) is 149 Å². The smallest absolute Gasteiger partial charge is 0.252 e. The number of hydrogen-bond donors (Lipinski definition) is 0. The summed E-state index contributed by atoms with van der Waals surface area (Å²) in [5.41, 5.74) is 21.2. The summed E-state index contributed by atoms with van der Waals surface area (Å²) in [7, 11) is 0. The van der Waals surface area contributed by atoms with E-state index < -0.39 is 0 Å². The normalized spacial score (nSPS) is 14.4. The van der Waals surface area contributed by atoms with E-state index in [1.165, 1.54) is 72.5 Å². The minimum Gasteiger partial charge on any atom is -0.436 e. The Balaban J connectivity index is 1.38. The maximum Gasteiger partial charge on any atom is 0.252 e. The van der Waals surface area contributed by atoms with Crippen LogP contribution in [-0.2, 0) is 32.5 Å². The van der Waals surface area contributed by atoms with E-state index in [0.717, 1.165) is 28.0 Å². The van der Waals surface area contributed by atoms with Crippen LogP contribution in [0, 0.1) is 0 Å². The van der Waals surface area contributed by atoms with Gasteiger partial charge in [-0.3, -0.25) is 0 Å². The van der Waals surface area contributed by atoms with Crippen LogP contribution in [0.4, 0.5) is 34.1 Å². The van der Waals surface area contributed by atoms with Crippen LogP contribution in [0.3, 0.4) is 0 Å². The summed E-state index contributed by atoms with van der Waals surface area (Å²) < 4.78 is 6.85. The highest BCUT2D eigenvalue weighted by Crippen LogP contribution is 2.48. The second kappa shape index (κ2) is 15.0. The van der Waals surface area contributed by atoms with Gasteiger partial charge < -0.3 is 14.2 Å². The van der Waals surface area contributed by atoms with Gasteiger partial charge in [0.25, 0.3) is 6.71 Å². The molecule has 0 saturated carbocycles. The summed E-state index contributed by atoms with van der Waals surface area (Å²) in [5, 5.41) is 0. The van der Waals surface area contributed by atoms with E-state index in [1.54, 1.807) is 0 Å². The highest BCUT2D eigenvalue weighted by molar-refractivity contribution is 7.00. The highest BCUT2D eigenvalue weighted by Gasteiger charge is 2.45. The summed E-state index contributed by atoms with van der Waals surface area (Å²) in [6.07, 6.45) is 0. The van der Waals surface area contributed by atoms with Gasteiger partial charge in [-0.2, -0.15) is 0 Å². The Kier molecular flexibility index (Phi) is 10.4. The summed E-state index contributed by atoms with van der Waals surface area (Å²) in [6.45, 7) is 41.7. The Hall–Kier alpha value is -5.55. The van der Waals surface area contributed by atoms with Crippen LogP contribution in [0.25, 0.3) is 22.6 Å². The van der Waals surface area contributed by atoms with Gasteiger partial charge in [-0.15, -0.1) is 0 Å². The molecule has 66 heavy (non-hydrogen) atoms. The number of oxazole rings is 1. The Morgan fingerprint density at radius 1 is 0.394 bits per heavy atom. The number of nitrogens with zero attached hydrogens (tertiary/aromatic N) is 3. The quantitative estimate of drug-likeness (QED) is 0.166. The van der Waals surface area contributed by atoms with Gasteiger partial charge in [0.15, 0.2) is 5.58 Å². The molecule has 0 aliphatic carbocycles. The summed E-state index contributed by atoms with van der Waals surface area (Å²) >= 11 is 0. The topological polar surface area (TPSA) is 32.5 Å². The van der Waals surface area contributed by atoms with Crippen LogP contribution in [0.5, 0.6) is 0 Å². The van der Waals surface area contributed by atoms with Crippen molar-refractivity contribution in [2.75, 3.05) is 9.80 Å². The zero-order valence-corrected chi connectivity index (χ0v) is 43.2. The second-order valence-electron chi connectivity index (χ2n) is 25.6. The molecule has 2 aliphatic rings. The monoisotopic (exact) mass is 874 g/mol. The number of fused-ring (bicyclic) bond motifs is 5. The third kappa shape index (κ3) is 7.98. The molecule has 6 aromatic carbocycles. The van der Waals surface area contributed by atoms with Gasteiger partial charge in [0.05, 0.1) is 0 Å². The fraction of sp³-hybridized carbons (Fsp3) is 0.393. The van der Waals surface area contributed by atoms with Gasteiger partial charge in [0.1, 0.15) is 5.52 Å². The standard InChI is InChI=1S/C61H72BN3O/c1-56(2,3)38-24-22-37(23-25-38)55-63-48-36-52-47(35-53(48)66-55)62-46-34-39(57(4,5)6)26-27-49(46)64(44-30-40(58(7,8)9)28-41(31-44)59(10,11)12)50-20-19-21-51(54(50)62)65(52)45-32-42(60(13,14)15)29-43(33-45)61(16,17)18/h19-36H,1-18H3. The first-order valence-electron chi connectivity index (χ1n) is 24.2. The molecule has 0 bridgehead atoms. The van der Waals surface area contributed by atoms with E-state index in [0.29, 0.717) is 5.89 Å². The van der Waals surface area contributed by atoms with Gasteiger partial charge in [0, 0.05) is 39.7 Å². The lowest BCUT2D eigenvalue weighted by Gasteiger charge is -2.45. The minimum absolute atomic E-state index is 0.0438. The largest absolute Gasteiger partial charge is 0.436 e. The Bertz CT molecular complexity index is 2970. The Labute approximate surface area is 397 Å². The van der Waals surface area contributed by atoms with E-state index in [4.69, 9.17) is 9.40 Å². The van der Waals surface area contributed by atoms with Crippen molar-refractivity contribution >= 4 is 68.3 Å². The molecule has 5 heteroatoms. The third-order valence-electron chi connectivity index (χ3n) is 14.2. The summed E-state index contributed by atoms with van der Waals surface area (Å²) in [6, 6.07) is 42.2. The van der Waals surface area contributed by atoms with Crippen molar-refractivity contribution in [2.24, 2.45) is 0 Å². The van der Waals surface area contributed by atoms with Crippen LogP contribution in [0.15, 0.2) is 114 Å². The molecule has 0 atom stereocenters. The SMILES string of the molecule is CC(C)(C)c1ccc(-c2nc3cc4c(cc3o2)B2c3cc(C(C)(C)C)ccc3N(c3cc(C(C)(C)C)cc(C(C)(C)C)c3)c3cccc(c32)N4c2cc(C(C)(C)C)cc(C(C)(C)C)c2)cc1. The fourth-order valence-corrected chi connectivity index (χ4v) is 9.83. The molecule has 7 aromatic rings. The van der Waals surface area contributed by atoms with Gasteiger partial charge in [-0.1, -0.05) is 167 Å². The fourth-order valence-electron chi connectivity index (χ4n) is 9.83. The van der Waals surface area contributed by atoms with E-state index >= 15 is 0 Å². The van der Waals surface area contributed by atoms with Crippen molar-refractivity contribution < 1.29 is 4.42 Å². The lowest BCUT2D eigenvalue weighted by Crippen LogP contribution is -2.61. The number of aromatic nitrogens is 1. The van der Waals surface area contributed by atoms with Crippen LogP contribution in [0.1, 0.15) is 158 Å². The summed E-state index contributed by atoms with van der Waals surface area (Å²) in [4.78, 5) is 10.4. The third-order valence-corrected chi connectivity index (χ3v) is 14.2. The van der Waals surface area contributed by atoms with E-state index in [1.807, 2.05) is 0 Å². The van der Waals surface area contributed by atoms with Crippen LogP contribution < -0.4 is 26.2 Å². The molecule has 0 spiro atoms. The number of rotatable bonds is 3. The van der Waals surface area contributed by atoms with Gasteiger partial charge in [-0.25, -0.2) is 4.98 Å². The van der Waals surface area contributed by atoms with Crippen LogP contribution in [-0.4, -0.2) is 11.7 Å². The van der Waals surface area contributed by atoms with E-state index in [9.17, 15) is 0 Å². The molecular formula is C61H72BN3O.